The fraction of sp³-hybridized carbons (Fsp3) is 0. The molecule has 0 saturated heterocycles. The van der Waals surface area contributed by atoms with Crippen LogP contribution in [-0.2, 0) is 0 Å². The molecule has 102 valence electrons. The number of benzene rings is 2. The second-order valence-corrected chi connectivity index (χ2v) is 4.10. The van der Waals surface area contributed by atoms with Crippen molar-refractivity contribution in [3.63, 3.8) is 0 Å². The van der Waals surface area contributed by atoms with E-state index in [4.69, 9.17) is 5.73 Å². The Kier molecular flexibility index (Phi) is 3.79. The van der Waals surface area contributed by atoms with Gasteiger partial charge >= 0.3 is 0 Å². The number of nitrogens with two attached hydrogens (primary N) is 3. The lowest BCUT2D eigenvalue weighted by molar-refractivity contribution is 0.0965. The van der Waals surface area contributed by atoms with Gasteiger partial charge in [-0.1, -0.05) is 0 Å². The number of nitrogens with zero attached hydrogens (tertiary/aromatic N) is 1. The molecule has 0 radical (unpaired) electrons. The van der Waals surface area contributed by atoms with Crippen molar-refractivity contribution in [2.75, 3.05) is 0 Å². The minimum atomic E-state index is -0.498. The van der Waals surface area contributed by atoms with Crippen molar-refractivity contribution >= 4 is 22.8 Å². The van der Waals surface area contributed by atoms with E-state index in [0.29, 0.717) is 11.1 Å². The molecule has 0 spiro atoms. The van der Waals surface area contributed by atoms with Gasteiger partial charge in [0.05, 0.1) is 0 Å². The van der Waals surface area contributed by atoms with Gasteiger partial charge in [0.15, 0.2) is 0 Å². The van der Waals surface area contributed by atoms with Crippen LogP contribution in [0.25, 0.3) is 11.0 Å². The largest absolute Gasteiger partial charge is 0.366 e. The number of carbonyl (C=O) groups is 2. The first-order chi connectivity index (χ1) is 9.66. The highest BCUT2D eigenvalue weighted by Gasteiger charge is 2.14. The number of amides is 1. The Morgan fingerprint density at radius 2 is 1.15 bits per heavy atom. The van der Waals surface area contributed by atoms with Crippen molar-refractivity contribution in [1.82, 2.24) is 4.57 Å². The molecule has 6 N–H and O–H groups in total. The Morgan fingerprint density at radius 1 is 0.750 bits per heavy atom. The van der Waals surface area contributed by atoms with Gasteiger partial charge in [-0.2, -0.15) is 0 Å². The van der Waals surface area contributed by atoms with Crippen molar-refractivity contribution in [3.05, 3.63) is 59.7 Å². The molecule has 2 aromatic heterocycles. The normalized spacial score (nSPS) is 10.1. The molecule has 0 fully saturated rings. The van der Waals surface area contributed by atoms with Crippen LogP contribution < -0.4 is 17.4 Å². The molecule has 0 aliphatic rings. The van der Waals surface area contributed by atoms with Crippen LogP contribution in [-0.4, -0.2) is 16.4 Å². The second-order valence-electron chi connectivity index (χ2n) is 4.10. The lowest BCUT2D eigenvalue weighted by Gasteiger charge is -2.03. The number of aromatic nitrogens is 1. The van der Waals surface area contributed by atoms with Crippen LogP contribution in [0.2, 0.25) is 0 Å². The first-order valence-corrected chi connectivity index (χ1v) is 5.84. The summed E-state index contributed by atoms with van der Waals surface area (Å²) in [5.74, 6) is 7.40. The van der Waals surface area contributed by atoms with E-state index in [2.05, 4.69) is 11.7 Å². The first kappa shape index (κ1) is 13.7. The van der Waals surface area contributed by atoms with Gasteiger partial charge < -0.3 is 5.73 Å². The summed E-state index contributed by atoms with van der Waals surface area (Å²) in [6.07, 6.45) is 0. The van der Waals surface area contributed by atoms with Crippen LogP contribution in [0.1, 0.15) is 20.7 Å². The molecule has 0 saturated carbocycles. The zero-order valence-electron chi connectivity index (χ0n) is 10.6. The van der Waals surface area contributed by atoms with Gasteiger partial charge in [0, 0.05) is 22.2 Å². The molecule has 1 amide bonds. The van der Waals surface area contributed by atoms with E-state index in [1.165, 1.54) is 0 Å². The molecule has 2 bridgehead atoms. The molecule has 3 rings (SSSR count). The molecule has 6 nitrogen and oxygen atoms in total. The van der Waals surface area contributed by atoms with Crippen LogP contribution >= 0.6 is 0 Å². The van der Waals surface area contributed by atoms with Crippen LogP contribution in [0.4, 0.5) is 0 Å². The number of fused-ring (bicyclic) bond motifs is 2. The summed E-state index contributed by atoms with van der Waals surface area (Å²) in [5, 5.41) is 0. The van der Waals surface area contributed by atoms with Gasteiger partial charge in [-0.15, -0.1) is 0 Å². The van der Waals surface area contributed by atoms with E-state index in [0.717, 1.165) is 11.0 Å². The van der Waals surface area contributed by atoms with Crippen molar-refractivity contribution in [1.29, 1.82) is 0 Å². The van der Waals surface area contributed by atoms with Gasteiger partial charge in [-0.3, -0.25) is 25.8 Å². The number of hydrogen-bond acceptors (Lipinski definition) is 4. The summed E-state index contributed by atoms with van der Waals surface area (Å²) in [7, 11) is 0. The standard InChI is InChI=1S/C14H10N2O2.H4N2/c15-13(17)9-1-3-10(4-2-9)14(18)16-11-5-6-12(16)8-7-11;1-2/h1-8H,(H2,15,17);1-2H2. The second kappa shape index (κ2) is 5.52. The van der Waals surface area contributed by atoms with E-state index < -0.39 is 5.91 Å². The quantitative estimate of drug-likeness (QED) is 0.469. The lowest BCUT2D eigenvalue weighted by Crippen LogP contribution is -2.13. The zero-order valence-corrected chi connectivity index (χ0v) is 10.6. The average molecular weight is 270 g/mol. The predicted molar refractivity (Wildman–Crippen MR) is 76.2 cm³/mol. The Balaban J connectivity index is 0.000000704. The highest BCUT2D eigenvalue weighted by atomic mass is 16.2. The third kappa shape index (κ3) is 2.25. The minimum Gasteiger partial charge on any atom is -0.366 e. The summed E-state index contributed by atoms with van der Waals surface area (Å²) in [4.78, 5) is 23.2. The van der Waals surface area contributed by atoms with Gasteiger partial charge in [0.1, 0.15) is 0 Å². The van der Waals surface area contributed by atoms with E-state index in [9.17, 15) is 9.59 Å². The summed E-state index contributed by atoms with van der Waals surface area (Å²) < 4.78 is 1.64. The fourth-order valence-corrected chi connectivity index (χ4v) is 2.04. The maximum absolute atomic E-state index is 12.3. The van der Waals surface area contributed by atoms with Gasteiger partial charge in [0.25, 0.3) is 5.91 Å². The summed E-state index contributed by atoms with van der Waals surface area (Å²) in [6.45, 7) is 0. The van der Waals surface area contributed by atoms with Crippen LogP contribution in [0.3, 0.4) is 0 Å². The topological polar surface area (TPSA) is 117 Å². The van der Waals surface area contributed by atoms with E-state index in [-0.39, 0.29) is 5.91 Å². The van der Waals surface area contributed by atoms with Crippen molar-refractivity contribution in [2.24, 2.45) is 17.4 Å². The maximum Gasteiger partial charge on any atom is 0.262 e. The summed E-state index contributed by atoms with van der Waals surface area (Å²) in [6, 6.07) is 13.9. The Hall–Kier alpha value is -2.70. The molecule has 6 heteroatoms. The summed E-state index contributed by atoms with van der Waals surface area (Å²) in [5.41, 5.74) is 7.82. The SMILES string of the molecule is NC(=O)c1ccc(C(=O)n2c3ccc2cc3)cc1.NN. The number of hydrogen-bond donors (Lipinski definition) is 3. The smallest absolute Gasteiger partial charge is 0.262 e. The van der Waals surface area contributed by atoms with Gasteiger partial charge in [0.2, 0.25) is 5.91 Å². The highest BCUT2D eigenvalue weighted by molar-refractivity contribution is 6.03. The molecular weight excluding hydrogens is 256 g/mol. The molecule has 3 aromatic rings. The Morgan fingerprint density at radius 3 is 1.55 bits per heavy atom. The van der Waals surface area contributed by atoms with E-state index in [1.807, 2.05) is 24.3 Å². The molecule has 0 aliphatic heterocycles. The van der Waals surface area contributed by atoms with E-state index >= 15 is 0 Å². The maximum atomic E-state index is 12.3. The zero-order chi connectivity index (χ0) is 14.7. The molecular formula is C14H14N4O2. The van der Waals surface area contributed by atoms with Crippen molar-refractivity contribution in [3.8, 4) is 0 Å². The third-order valence-corrected chi connectivity index (χ3v) is 2.99. The lowest BCUT2D eigenvalue weighted by atomic mass is 10.1. The monoisotopic (exact) mass is 270 g/mol. The number of carbonyl (C=O) groups excluding carboxylic acids is 2. The van der Waals surface area contributed by atoms with Crippen LogP contribution in [0.5, 0.6) is 0 Å². The summed E-state index contributed by atoms with van der Waals surface area (Å²) >= 11 is 0. The molecule has 0 aliphatic carbocycles. The van der Waals surface area contributed by atoms with Crippen LogP contribution in [0.15, 0.2) is 48.5 Å². The molecule has 20 heavy (non-hydrogen) atoms. The minimum absolute atomic E-state index is 0.106. The molecule has 1 aromatic carbocycles. The van der Waals surface area contributed by atoms with Crippen molar-refractivity contribution in [2.45, 2.75) is 0 Å². The first-order valence-electron chi connectivity index (χ1n) is 5.84. The molecule has 0 unspecified atom stereocenters. The number of hydrazine groups is 1. The van der Waals surface area contributed by atoms with Gasteiger partial charge in [-0.05, 0) is 48.5 Å². The highest BCUT2D eigenvalue weighted by Crippen LogP contribution is 2.19. The molecule has 0 atom stereocenters. The Labute approximate surface area is 115 Å². The number of rotatable bonds is 2. The van der Waals surface area contributed by atoms with E-state index in [1.54, 1.807) is 28.8 Å². The number of primary amides is 1. The third-order valence-electron chi connectivity index (χ3n) is 2.99. The van der Waals surface area contributed by atoms with Gasteiger partial charge in [-0.25, -0.2) is 0 Å². The van der Waals surface area contributed by atoms with Crippen molar-refractivity contribution < 1.29 is 9.59 Å². The average Bonchev–Trinajstić information content (AvgIpc) is 3.09. The Bertz CT molecular complexity index is 683. The predicted octanol–water partition coefficient (Wildman–Crippen LogP) is 0.685. The van der Waals surface area contributed by atoms with Crippen LogP contribution in [0, 0.1) is 0 Å². The fourth-order valence-electron chi connectivity index (χ4n) is 2.04. The molecule has 2 heterocycles.